The summed E-state index contributed by atoms with van der Waals surface area (Å²) in [5.41, 5.74) is 0. The van der Waals surface area contributed by atoms with Gasteiger partial charge in [-0.05, 0) is 6.42 Å². The lowest BCUT2D eigenvalue weighted by molar-refractivity contribution is -0.134. The van der Waals surface area contributed by atoms with Gasteiger partial charge in [0.1, 0.15) is 11.4 Å². The molecule has 0 heterocycles. The third-order valence-electron chi connectivity index (χ3n) is 3.15. The van der Waals surface area contributed by atoms with Gasteiger partial charge in [-0.3, -0.25) is 4.79 Å². The predicted octanol–water partition coefficient (Wildman–Crippen LogP) is 4.02. The monoisotopic (exact) mass is 291 g/mol. The van der Waals surface area contributed by atoms with Crippen molar-refractivity contribution in [3.05, 3.63) is 0 Å². The molecule has 0 fully saturated rings. The Morgan fingerprint density at radius 3 is 1.74 bits per heavy atom. The molecule has 114 valence electrons. The van der Waals surface area contributed by atoms with Crippen molar-refractivity contribution in [1.82, 2.24) is 0 Å². The summed E-state index contributed by atoms with van der Waals surface area (Å²) in [6.07, 6.45) is 13.5. The molecule has 0 aromatic heterocycles. The highest BCUT2D eigenvalue weighted by molar-refractivity contribution is 7.74. The quantitative estimate of drug-likeness (QED) is 0.379. The van der Waals surface area contributed by atoms with Crippen LogP contribution < -0.4 is 0 Å². The van der Waals surface area contributed by atoms with Crippen LogP contribution in [-0.2, 0) is 20.3 Å². The first-order valence-electron chi connectivity index (χ1n) is 7.47. The second kappa shape index (κ2) is 14.0. The molecule has 0 radical (unpaired) electrons. The van der Waals surface area contributed by atoms with Crippen molar-refractivity contribution in [2.75, 3.05) is 0 Å². The Kier molecular flexibility index (Phi) is 13.7. The standard InChI is InChI=1S/C14H28O4S/c1-2-3-4-5-6-7-8-9-10-11-12-13-14(15)18-19(16)17/h2-13H2,1H3,(H,16,17)/p-1. The lowest BCUT2D eigenvalue weighted by Gasteiger charge is -2.05. The smallest absolute Gasteiger partial charge is 0.319 e. The van der Waals surface area contributed by atoms with Gasteiger partial charge >= 0.3 is 5.97 Å². The highest BCUT2D eigenvalue weighted by Gasteiger charge is 2.02. The van der Waals surface area contributed by atoms with Gasteiger partial charge in [0.25, 0.3) is 0 Å². The largest absolute Gasteiger partial charge is 0.740 e. The second-order valence-corrected chi connectivity index (χ2v) is 5.52. The zero-order valence-electron chi connectivity index (χ0n) is 12.0. The Bertz CT molecular complexity index is 244. The van der Waals surface area contributed by atoms with Gasteiger partial charge in [0.2, 0.25) is 0 Å². The van der Waals surface area contributed by atoms with Crippen LogP contribution in [0.4, 0.5) is 0 Å². The Morgan fingerprint density at radius 2 is 1.32 bits per heavy atom. The zero-order valence-corrected chi connectivity index (χ0v) is 12.8. The first-order chi connectivity index (χ1) is 9.16. The molecule has 0 spiro atoms. The van der Waals surface area contributed by atoms with Gasteiger partial charge in [0, 0.05) is 6.42 Å². The van der Waals surface area contributed by atoms with Crippen LogP contribution in [0.2, 0.25) is 0 Å². The van der Waals surface area contributed by atoms with E-state index >= 15 is 0 Å². The molecule has 1 atom stereocenters. The average Bonchev–Trinajstić information content (AvgIpc) is 2.35. The summed E-state index contributed by atoms with van der Waals surface area (Å²) in [6, 6.07) is 0. The summed E-state index contributed by atoms with van der Waals surface area (Å²) in [7, 11) is 0. The maximum Gasteiger partial charge on any atom is 0.319 e. The van der Waals surface area contributed by atoms with Crippen LogP contribution in [0.5, 0.6) is 0 Å². The van der Waals surface area contributed by atoms with E-state index in [4.69, 9.17) is 0 Å². The van der Waals surface area contributed by atoms with Crippen molar-refractivity contribution in [3.63, 3.8) is 0 Å². The third-order valence-corrected chi connectivity index (χ3v) is 3.47. The molecule has 0 bridgehead atoms. The van der Waals surface area contributed by atoms with Crippen LogP contribution in [0.1, 0.15) is 84.0 Å². The summed E-state index contributed by atoms with van der Waals surface area (Å²) in [5, 5.41) is 0. The minimum Gasteiger partial charge on any atom is -0.740 e. The number of rotatable bonds is 13. The minimum absolute atomic E-state index is 0.199. The van der Waals surface area contributed by atoms with Crippen molar-refractivity contribution in [2.45, 2.75) is 84.0 Å². The van der Waals surface area contributed by atoms with Crippen LogP contribution in [0.3, 0.4) is 0 Å². The van der Waals surface area contributed by atoms with Gasteiger partial charge in [0.15, 0.2) is 0 Å². The molecule has 0 amide bonds. The Morgan fingerprint density at radius 1 is 0.895 bits per heavy atom. The zero-order chi connectivity index (χ0) is 14.3. The van der Waals surface area contributed by atoms with E-state index in [2.05, 4.69) is 11.1 Å². The summed E-state index contributed by atoms with van der Waals surface area (Å²) in [6.45, 7) is 2.23. The predicted molar refractivity (Wildman–Crippen MR) is 76.1 cm³/mol. The van der Waals surface area contributed by atoms with Crippen molar-refractivity contribution in [2.24, 2.45) is 0 Å². The van der Waals surface area contributed by atoms with E-state index in [1.165, 1.54) is 51.4 Å². The third kappa shape index (κ3) is 15.5. The van der Waals surface area contributed by atoms with Gasteiger partial charge in [0.05, 0.1) is 0 Å². The molecule has 0 N–H and O–H groups in total. The molecule has 5 heteroatoms. The molecule has 0 aliphatic carbocycles. The van der Waals surface area contributed by atoms with E-state index in [1.807, 2.05) is 0 Å². The van der Waals surface area contributed by atoms with Crippen LogP contribution >= 0.6 is 0 Å². The first-order valence-corrected chi connectivity index (χ1v) is 8.47. The number of hydrogen-bond donors (Lipinski definition) is 0. The van der Waals surface area contributed by atoms with Gasteiger partial charge in [-0.1, -0.05) is 71.1 Å². The summed E-state index contributed by atoms with van der Waals surface area (Å²) < 4.78 is 24.2. The van der Waals surface area contributed by atoms with Crippen molar-refractivity contribution < 1.29 is 17.7 Å². The summed E-state index contributed by atoms with van der Waals surface area (Å²) >= 11 is -2.71. The van der Waals surface area contributed by atoms with Gasteiger partial charge in [-0.15, -0.1) is 0 Å². The number of carbonyl (C=O) groups is 1. The molecular weight excluding hydrogens is 264 g/mol. The van der Waals surface area contributed by atoms with Crippen LogP contribution in [-0.4, -0.2) is 14.7 Å². The Balaban J connectivity index is 3.10. The topological polar surface area (TPSA) is 66.4 Å². The number of carbonyl (C=O) groups excluding carboxylic acids is 1. The molecule has 0 rings (SSSR count). The highest BCUT2D eigenvalue weighted by Crippen LogP contribution is 2.12. The molecule has 19 heavy (non-hydrogen) atoms. The molecule has 0 aromatic rings. The maximum absolute atomic E-state index is 10.9. The molecule has 0 aromatic carbocycles. The fourth-order valence-electron chi connectivity index (χ4n) is 2.05. The average molecular weight is 291 g/mol. The fourth-order valence-corrected chi connectivity index (χ4v) is 2.29. The van der Waals surface area contributed by atoms with E-state index < -0.39 is 17.3 Å². The second-order valence-electron chi connectivity index (χ2n) is 4.94. The highest BCUT2D eigenvalue weighted by atomic mass is 32.2. The minimum atomic E-state index is -2.71. The molecule has 1 unspecified atom stereocenters. The van der Waals surface area contributed by atoms with E-state index in [9.17, 15) is 13.6 Å². The van der Waals surface area contributed by atoms with E-state index in [-0.39, 0.29) is 6.42 Å². The lowest BCUT2D eigenvalue weighted by atomic mass is 10.1. The van der Waals surface area contributed by atoms with Gasteiger partial charge in [-0.25, -0.2) is 4.21 Å². The van der Waals surface area contributed by atoms with E-state index in [0.717, 1.165) is 12.8 Å². The van der Waals surface area contributed by atoms with Crippen LogP contribution in [0.15, 0.2) is 0 Å². The van der Waals surface area contributed by atoms with Gasteiger partial charge < -0.3 is 8.74 Å². The van der Waals surface area contributed by atoms with Crippen LogP contribution in [0.25, 0.3) is 0 Å². The molecule has 0 saturated carbocycles. The van der Waals surface area contributed by atoms with E-state index in [1.54, 1.807) is 0 Å². The molecular formula is C14H27O4S-. The summed E-state index contributed by atoms with van der Waals surface area (Å²) in [5.74, 6) is -0.649. The molecule has 4 nitrogen and oxygen atoms in total. The normalized spacial score (nSPS) is 12.3. The fraction of sp³-hybridized carbons (Fsp3) is 0.929. The number of hydrogen-bond acceptors (Lipinski definition) is 4. The first kappa shape index (κ1) is 18.6. The van der Waals surface area contributed by atoms with Crippen LogP contribution in [0, 0.1) is 0 Å². The van der Waals surface area contributed by atoms with Gasteiger partial charge in [-0.2, -0.15) is 0 Å². The SMILES string of the molecule is CCCCCCCCCCCCCC(=O)OS(=O)[O-]. The van der Waals surface area contributed by atoms with Crippen molar-refractivity contribution in [3.8, 4) is 0 Å². The van der Waals surface area contributed by atoms with Crippen molar-refractivity contribution in [1.29, 1.82) is 0 Å². The molecule has 0 saturated heterocycles. The Labute approximate surface area is 119 Å². The molecule has 0 aliphatic rings. The molecule has 0 aliphatic heterocycles. The number of unbranched alkanes of at least 4 members (excludes halogenated alkanes) is 10. The maximum atomic E-state index is 10.9. The Hall–Kier alpha value is -0.420. The lowest BCUT2D eigenvalue weighted by Crippen LogP contribution is -2.06. The van der Waals surface area contributed by atoms with Crippen molar-refractivity contribution >= 4 is 17.3 Å². The summed E-state index contributed by atoms with van der Waals surface area (Å²) in [4.78, 5) is 10.9. The van der Waals surface area contributed by atoms with E-state index in [0.29, 0.717) is 6.42 Å².